The molecule has 142 valence electrons. The van der Waals surface area contributed by atoms with E-state index < -0.39 is 15.4 Å². The topological polar surface area (TPSA) is 87.7 Å². The van der Waals surface area contributed by atoms with Gasteiger partial charge in [-0.05, 0) is 37.8 Å². The van der Waals surface area contributed by atoms with Crippen LogP contribution in [0, 0.1) is 0 Å². The number of carbonyl (C=O) groups is 2. The molecule has 2 amide bonds. The minimum atomic E-state index is -3.21. The van der Waals surface area contributed by atoms with E-state index >= 15 is 0 Å². The Morgan fingerprint density at radius 2 is 1.96 bits per heavy atom. The second kappa shape index (κ2) is 7.34. The number of nitrogens with zero attached hydrogens (tertiary/aromatic N) is 3. The van der Waals surface area contributed by atoms with Crippen molar-refractivity contribution in [1.29, 1.82) is 0 Å². The van der Waals surface area contributed by atoms with Crippen molar-refractivity contribution in [3.8, 4) is 0 Å². The average molecular weight is 379 g/mol. The van der Waals surface area contributed by atoms with Gasteiger partial charge >= 0.3 is 0 Å². The van der Waals surface area contributed by atoms with Crippen LogP contribution in [-0.2, 0) is 26.0 Å². The van der Waals surface area contributed by atoms with Gasteiger partial charge in [-0.1, -0.05) is 6.07 Å². The molecule has 0 aliphatic carbocycles. The Balaban J connectivity index is 1.76. The predicted octanol–water partition coefficient (Wildman–Crippen LogP) is 1.000. The van der Waals surface area contributed by atoms with Crippen LogP contribution in [0.4, 0.5) is 0 Å². The van der Waals surface area contributed by atoms with Crippen LogP contribution >= 0.6 is 0 Å². The highest BCUT2D eigenvalue weighted by molar-refractivity contribution is 7.90. The van der Waals surface area contributed by atoms with Crippen LogP contribution in [0.3, 0.4) is 0 Å². The molecular weight excluding hydrogens is 354 g/mol. The number of piperidine rings is 1. The summed E-state index contributed by atoms with van der Waals surface area (Å²) in [6.07, 6.45) is 5.66. The van der Waals surface area contributed by atoms with Gasteiger partial charge in [0.25, 0.3) is 0 Å². The van der Waals surface area contributed by atoms with Gasteiger partial charge in [-0.2, -0.15) is 0 Å². The second-order valence-electron chi connectivity index (χ2n) is 7.21. The third kappa shape index (κ3) is 3.90. The fourth-order valence-corrected chi connectivity index (χ4v) is 4.58. The third-order valence-electron chi connectivity index (χ3n) is 5.26. The number of carbonyl (C=O) groups excluding carboxylic acids is 2. The van der Waals surface area contributed by atoms with E-state index in [9.17, 15) is 18.0 Å². The van der Waals surface area contributed by atoms with Crippen LogP contribution in [-0.4, -0.2) is 65.7 Å². The lowest BCUT2D eigenvalue weighted by Gasteiger charge is -2.44. The molecule has 0 N–H and O–H groups in total. The molecule has 2 fully saturated rings. The van der Waals surface area contributed by atoms with Crippen molar-refractivity contribution < 1.29 is 18.0 Å². The molecule has 0 bridgehead atoms. The zero-order chi connectivity index (χ0) is 18.8. The molecule has 7 nitrogen and oxygen atoms in total. The molecule has 8 heteroatoms. The molecule has 2 aliphatic heterocycles. The van der Waals surface area contributed by atoms with E-state index in [0.717, 1.165) is 24.8 Å². The smallest absolute Gasteiger partial charge is 0.248 e. The summed E-state index contributed by atoms with van der Waals surface area (Å²) in [5, 5.41) is 0. The van der Waals surface area contributed by atoms with Crippen LogP contribution in [0.25, 0.3) is 0 Å². The van der Waals surface area contributed by atoms with Crippen molar-refractivity contribution >= 4 is 21.7 Å². The van der Waals surface area contributed by atoms with Crippen LogP contribution in [0.5, 0.6) is 0 Å². The van der Waals surface area contributed by atoms with Crippen molar-refractivity contribution in [2.24, 2.45) is 0 Å². The molecule has 3 rings (SSSR count). The molecule has 3 heterocycles. The Bertz CT molecular complexity index is 781. The second-order valence-corrected chi connectivity index (χ2v) is 9.47. The van der Waals surface area contributed by atoms with Gasteiger partial charge in [0.15, 0.2) is 0 Å². The number of likely N-dealkylation sites (tertiary alicyclic amines) is 2. The Kier molecular flexibility index (Phi) is 5.32. The van der Waals surface area contributed by atoms with E-state index in [0.29, 0.717) is 32.5 Å². The van der Waals surface area contributed by atoms with Gasteiger partial charge in [0.1, 0.15) is 15.4 Å². The highest BCUT2D eigenvalue weighted by Gasteiger charge is 2.52. The van der Waals surface area contributed by atoms with Crippen molar-refractivity contribution in [3.05, 3.63) is 30.1 Å². The number of pyridine rings is 1. The van der Waals surface area contributed by atoms with E-state index in [1.54, 1.807) is 16.0 Å². The molecule has 1 aromatic heterocycles. The number of amides is 2. The van der Waals surface area contributed by atoms with Crippen LogP contribution in [0.2, 0.25) is 0 Å². The maximum Gasteiger partial charge on any atom is 0.248 e. The maximum absolute atomic E-state index is 13.3. The lowest BCUT2D eigenvalue weighted by atomic mass is 9.85. The predicted molar refractivity (Wildman–Crippen MR) is 96.9 cm³/mol. The molecule has 1 atom stereocenters. The Labute approximate surface area is 154 Å². The van der Waals surface area contributed by atoms with Gasteiger partial charge < -0.3 is 9.80 Å². The maximum atomic E-state index is 13.3. The molecular formula is C18H25N3O4S. The summed E-state index contributed by atoms with van der Waals surface area (Å²) in [5.41, 5.74) is 0.0209. The molecule has 0 radical (unpaired) electrons. The summed E-state index contributed by atoms with van der Waals surface area (Å²) in [7, 11) is -3.21. The van der Waals surface area contributed by atoms with E-state index in [2.05, 4.69) is 4.98 Å². The number of hydrogen-bond acceptors (Lipinski definition) is 5. The molecule has 2 aliphatic rings. The zero-order valence-corrected chi connectivity index (χ0v) is 15.9. The first-order valence-corrected chi connectivity index (χ1v) is 11.1. The lowest BCUT2D eigenvalue weighted by Crippen LogP contribution is -2.61. The average Bonchev–Trinajstić information content (AvgIpc) is 3.02. The van der Waals surface area contributed by atoms with E-state index in [-0.39, 0.29) is 24.0 Å². The number of aromatic nitrogens is 1. The first kappa shape index (κ1) is 18.8. The molecule has 1 unspecified atom stereocenters. The van der Waals surface area contributed by atoms with Crippen molar-refractivity contribution in [3.63, 3.8) is 0 Å². The summed E-state index contributed by atoms with van der Waals surface area (Å²) >= 11 is 0. The summed E-state index contributed by atoms with van der Waals surface area (Å²) in [6, 6.07) is 5.61. The van der Waals surface area contributed by atoms with E-state index in [1.165, 1.54) is 0 Å². The van der Waals surface area contributed by atoms with E-state index in [1.807, 2.05) is 18.2 Å². The third-order valence-corrected chi connectivity index (χ3v) is 6.20. The summed E-state index contributed by atoms with van der Waals surface area (Å²) in [4.78, 5) is 33.6. The molecule has 26 heavy (non-hydrogen) atoms. The monoisotopic (exact) mass is 379 g/mol. The van der Waals surface area contributed by atoms with Gasteiger partial charge in [0.2, 0.25) is 11.8 Å². The first-order valence-electron chi connectivity index (χ1n) is 8.99. The first-order chi connectivity index (χ1) is 12.3. The van der Waals surface area contributed by atoms with Crippen molar-refractivity contribution in [2.45, 2.75) is 44.2 Å². The minimum Gasteiger partial charge on any atom is -0.335 e. The minimum absolute atomic E-state index is 0.0281. The van der Waals surface area contributed by atoms with Crippen molar-refractivity contribution in [1.82, 2.24) is 14.8 Å². The van der Waals surface area contributed by atoms with Crippen LogP contribution in [0.15, 0.2) is 24.4 Å². The Morgan fingerprint density at radius 1 is 1.23 bits per heavy atom. The summed E-state index contributed by atoms with van der Waals surface area (Å²) in [5.74, 6) is -0.440. The number of hydrogen-bond donors (Lipinski definition) is 0. The fraction of sp³-hybridized carbons (Fsp3) is 0.611. The van der Waals surface area contributed by atoms with E-state index in [4.69, 9.17) is 0 Å². The van der Waals surface area contributed by atoms with Gasteiger partial charge in [0, 0.05) is 32.0 Å². The Morgan fingerprint density at radius 3 is 2.62 bits per heavy atom. The normalized spacial score (nSPS) is 23.7. The molecule has 2 saturated heterocycles. The van der Waals surface area contributed by atoms with Gasteiger partial charge in [0.05, 0.1) is 18.0 Å². The quantitative estimate of drug-likeness (QED) is 0.762. The number of rotatable bonds is 5. The zero-order valence-electron chi connectivity index (χ0n) is 15.1. The van der Waals surface area contributed by atoms with Gasteiger partial charge in [-0.25, -0.2) is 8.42 Å². The summed E-state index contributed by atoms with van der Waals surface area (Å²) < 4.78 is 22.8. The van der Waals surface area contributed by atoms with Crippen LogP contribution in [0.1, 0.15) is 37.8 Å². The summed E-state index contributed by atoms with van der Waals surface area (Å²) in [6.45, 7) is 1.61. The molecule has 0 saturated carbocycles. The largest absolute Gasteiger partial charge is 0.335 e. The van der Waals surface area contributed by atoms with Gasteiger partial charge in [-0.3, -0.25) is 14.6 Å². The van der Waals surface area contributed by atoms with Crippen LogP contribution < -0.4 is 0 Å². The highest BCUT2D eigenvalue weighted by atomic mass is 32.2. The number of sulfone groups is 1. The Hall–Kier alpha value is -1.96. The molecule has 0 aromatic carbocycles. The lowest BCUT2D eigenvalue weighted by molar-refractivity contribution is -0.155. The molecule has 1 spiro atoms. The van der Waals surface area contributed by atoms with Gasteiger partial charge in [-0.15, -0.1) is 0 Å². The SMILES string of the molecule is CS(=O)(=O)CCC(=O)N1CCCC12CCCN(Cc1ccccn1)C2=O. The highest BCUT2D eigenvalue weighted by Crippen LogP contribution is 2.39. The van der Waals surface area contributed by atoms with Crippen molar-refractivity contribution in [2.75, 3.05) is 25.1 Å². The standard InChI is InChI=1S/C18H25N3O4S/c1-26(24,25)13-7-16(22)21-12-5-9-18(21)8-4-11-20(17(18)23)14-15-6-2-3-10-19-15/h2-3,6,10H,4-5,7-9,11-14H2,1H3. The molecule has 1 aromatic rings. The fourth-order valence-electron chi connectivity index (χ4n) is 4.04.